The summed E-state index contributed by atoms with van der Waals surface area (Å²) in [6.07, 6.45) is 3.32. The normalized spacial score (nSPS) is 11.1. The van der Waals surface area contributed by atoms with Gasteiger partial charge in [0.25, 0.3) is 0 Å². The molecule has 0 saturated heterocycles. The number of hydrogen-bond acceptors (Lipinski definition) is 4. The summed E-state index contributed by atoms with van der Waals surface area (Å²) in [4.78, 5) is 15.9. The average Bonchev–Trinajstić information content (AvgIpc) is 2.70. The molecule has 3 aromatic rings. The van der Waals surface area contributed by atoms with Gasteiger partial charge in [0.2, 0.25) is 0 Å². The van der Waals surface area contributed by atoms with Gasteiger partial charge < -0.3 is 10.6 Å². The van der Waals surface area contributed by atoms with Gasteiger partial charge in [0.15, 0.2) is 9.84 Å². The Kier molecular flexibility index (Phi) is 6.85. The highest BCUT2D eigenvalue weighted by molar-refractivity contribution is 7.89. The Bertz CT molecular complexity index is 1070. The number of carbonyl (C=O) groups excluding carboxylic acids is 1. The number of amides is 2. The minimum absolute atomic E-state index is 0.104. The van der Waals surface area contributed by atoms with E-state index in [-0.39, 0.29) is 17.5 Å². The summed E-state index contributed by atoms with van der Waals surface area (Å²) in [5.74, 6) is -0.225. The number of nitrogens with zero attached hydrogens (tertiary/aromatic N) is 1. The molecule has 150 valence electrons. The van der Waals surface area contributed by atoms with Gasteiger partial charge in [-0.2, -0.15) is 0 Å². The third-order valence-electron chi connectivity index (χ3n) is 4.13. The Labute approximate surface area is 174 Å². The summed E-state index contributed by atoms with van der Waals surface area (Å²) >= 11 is 6.05. The topological polar surface area (TPSA) is 88.2 Å². The van der Waals surface area contributed by atoms with E-state index in [9.17, 15) is 13.2 Å². The molecule has 0 aliphatic heterocycles. The van der Waals surface area contributed by atoms with Gasteiger partial charge in [-0.25, -0.2) is 13.2 Å². The summed E-state index contributed by atoms with van der Waals surface area (Å²) in [5, 5.41) is 5.90. The van der Waals surface area contributed by atoms with E-state index in [0.29, 0.717) is 28.4 Å². The van der Waals surface area contributed by atoms with E-state index in [1.807, 2.05) is 12.1 Å². The number of carbonyl (C=O) groups is 1. The van der Waals surface area contributed by atoms with Crippen molar-refractivity contribution < 1.29 is 13.2 Å². The third-order valence-corrected chi connectivity index (χ3v) is 6.03. The molecule has 0 bridgehead atoms. The van der Waals surface area contributed by atoms with Crippen LogP contribution in [0.5, 0.6) is 0 Å². The van der Waals surface area contributed by atoms with Crippen LogP contribution in [0.1, 0.15) is 16.7 Å². The highest BCUT2D eigenvalue weighted by Gasteiger charge is 2.15. The second-order valence-corrected chi connectivity index (χ2v) is 8.96. The van der Waals surface area contributed by atoms with Crippen LogP contribution >= 0.6 is 11.6 Å². The fraction of sp³-hybridized carbons (Fsp3) is 0.143. The number of aromatic nitrogens is 1. The molecule has 1 aromatic heterocycles. The highest BCUT2D eigenvalue weighted by atomic mass is 35.5. The molecular weight excluding hydrogens is 410 g/mol. The van der Waals surface area contributed by atoms with E-state index in [0.717, 1.165) is 5.56 Å². The molecule has 0 unspecified atom stereocenters. The fourth-order valence-corrected chi connectivity index (χ4v) is 4.51. The van der Waals surface area contributed by atoms with Crippen molar-refractivity contribution in [3.05, 3.63) is 94.8 Å². The molecule has 0 atom stereocenters. The van der Waals surface area contributed by atoms with Crippen LogP contribution in [-0.2, 0) is 27.9 Å². The molecule has 0 aliphatic carbocycles. The van der Waals surface area contributed by atoms with Crippen molar-refractivity contribution in [3.63, 3.8) is 0 Å². The summed E-state index contributed by atoms with van der Waals surface area (Å²) in [6.45, 7) is 0.382. The number of nitrogens with one attached hydrogen (secondary N) is 2. The predicted molar refractivity (Wildman–Crippen MR) is 114 cm³/mol. The molecule has 0 spiro atoms. The summed E-state index contributed by atoms with van der Waals surface area (Å²) in [5.41, 5.74) is 2.73. The van der Waals surface area contributed by atoms with Crippen LogP contribution in [0.25, 0.3) is 0 Å². The maximum Gasteiger partial charge on any atom is 0.319 e. The number of rotatable bonds is 7. The van der Waals surface area contributed by atoms with Crippen LogP contribution in [0, 0.1) is 0 Å². The molecule has 2 amide bonds. The first kappa shape index (κ1) is 20.8. The number of anilines is 1. The number of hydrogen-bond donors (Lipinski definition) is 2. The van der Waals surface area contributed by atoms with E-state index >= 15 is 0 Å². The molecule has 3 rings (SSSR count). The van der Waals surface area contributed by atoms with E-state index in [2.05, 4.69) is 15.6 Å². The number of benzene rings is 2. The Morgan fingerprint density at radius 3 is 2.28 bits per heavy atom. The van der Waals surface area contributed by atoms with Gasteiger partial charge in [-0.15, -0.1) is 0 Å². The molecule has 0 saturated carbocycles. The monoisotopic (exact) mass is 429 g/mol. The molecule has 0 radical (unpaired) electrons. The number of pyridine rings is 1. The van der Waals surface area contributed by atoms with Gasteiger partial charge in [0.1, 0.15) is 0 Å². The Balaban J connectivity index is 1.54. The molecule has 1 heterocycles. The second-order valence-electron chi connectivity index (χ2n) is 6.48. The Hall–Kier alpha value is -2.90. The van der Waals surface area contributed by atoms with Crippen LogP contribution in [0.4, 0.5) is 10.5 Å². The zero-order chi connectivity index (χ0) is 20.7. The predicted octanol–water partition coefficient (Wildman–Crippen LogP) is 4.17. The largest absolute Gasteiger partial charge is 0.334 e. The fourth-order valence-electron chi connectivity index (χ4n) is 2.70. The van der Waals surface area contributed by atoms with Crippen molar-refractivity contribution in [1.82, 2.24) is 10.3 Å². The van der Waals surface area contributed by atoms with Crippen LogP contribution in [0.3, 0.4) is 0 Å². The van der Waals surface area contributed by atoms with Crippen molar-refractivity contribution in [3.8, 4) is 0 Å². The average molecular weight is 430 g/mol. The lowest BCUT2D eigenvalue weighted by molar-refractivity contribution is 0.251. The lowest BCUT2D eigenvalue weighted by Crippen LogP contribution is -2.28. The second kappa shape index (κ2) is 9.54. The zero-order valence-corrected chi connectivity index (χ0v) is 17.1. The maximum atomic E-state index is 12.5. The first-order valence-electron chi connectivity index (χ1n) is 8.88. The highest BCUT2D eigenvalue weighted by Crippen LogP contribution is 2.20. The number of halogens is 1. The first-order valence-corrected chi connectivity index (χ1v) is 11.1. The molecular formula is C21H20ClN3O3S. The molecule has 29 heavy (non-hydrogen) atoms. The number of sulfone groups is 1. The van der Waals surface area contributed by atoms with Gasteiger partial charge in [-0.1, -0.05) is 41.9 Å². The smallest absolute Gasteiger partial charge is 0.319 e. The number of urea groups is 1. The van der Waals surface area contributed by atoms with Crippen LogP contribution in [-0.4, -0.2) is 19.4 Å². The Morgan fingerprint density at radius 1 is 0.897 bits per heavy atom. The van der Waals surface area contributed by atoms with Crippen molar-refractivity contribution in [2.24, 2.45) is 0 Å². The van der Waals surface area contributed by atoms with E-state index in [1.54, 1.807) is 60.9 Å². The van der Waals surface area contributed by atoms with Crippen molar-refractivity contribution in [1.29, 1.82) is 0 Å². The van der Waals surface area contributed by atoms with E-state index < -0.39 is 9.84 Å². The maximum absolute atomic E-state index is 12.5. The van der Waals surface area contributed by atoms with Crippen LogP contribution < -0.4 is 10.6 Å². The van der Waals surface area contributed by atoms with Crippen molar-refractivity contribution >= 4 is 33.2 Å². The van der Waals surface area contributed by atoms with E-state index in [4.69, 9.17) is 11.6 Å². The van der Waals surface area contributed by atoms with Crippen molar-refractivity contribution in [2.75, 3.05) is 5.32 Å². The minimum atomic E-state index is -3.37. The lowest BCUT2D eigenvalue weighted by atomic mass is 10.2. The quantitative estimate of drug-likeness (QED) is 0.590. The molecule has 0 fully saturated rings. The van der Waals surface area contributed by atoms with Gasteiger partial charge >= 0.3 is 6.03 Å². The lowest BCUT2D eigenvalue weighted by Gasteiger charge is -2.09. The molecule has 0 aliphatic rings. The third kappa shape index (κ3) is 6.58. The SMILES string of the molecule is O=C(NCc1ccncc1)Nc1ccc(CS(=O)(=O)Cc2ccccc2Cl)cc1. The molecule has 2 N–H and O–H groups in total. The van der Waals surface area contributed by atoms with Gasteiger partial charge in [-0.05, 0) is 47.0 Å². The van der Waals surface area contributed by atoms with Crippen LogP contribution in [0.15, 0.2) is 73.1 Å². The summed E-state index contributed by atoms with van der Waals surface area (Å²) in [6, 6.07) is 16.9. The van der Waals surface area contributed by atoms with Crippen molar-refractivity contribution in [2.45, 2.75) is 18.1 Å². The summed E-state index contributed by atoms with van der Waals surface area (Å²) in [7, 11) is -3.37. The first-order chi connectivity index (χ1) is 13.9. The standard InChI is InChI=1S/C21H20ClN3O3S/c22-20-4-2-1-3-18(20)15-29(27,28)14-17-5-7-19(8-6-17)25-21(26)24-13-16-9-11-23-12-10-16/h1-12H,13-15H2,(H2,24,25,26). The summed E-state index contributed by atoms with van der Waals surface area (Å²) < 4.78 is 24.9. The van der Waals surface area contributed by atoms with Gasteiger partial charge in [-0.3, -0.25) is 4.98 Å². The molecule has 6 nitrogen and oxygen atoms in total. The minimum Gasteiger partial charge on any atom is -0.334 e. The molecule has 2 aromatic carbocycles. The van der Waals surface area contributed by atoms with Gasteiger partial charge in [0, 0.05) is 29.6 Å². The molecule has 8 heteroatoms. The Morgan fingerprint density at radius 2 is 1.59 bits per heavy atom. The van der Waals surface area contributed by atoms with E-state index in [1.165, 1.54) is 0 Å². The van der Waals surface area contributed by atoms with Gasteiger partial charge in [0.05, 0.1) is 11.5 Å². The zero-order valence-electron chi connectivity index (χ0n) is 15.5. The van der Waals surface area contributed by atoms with Crippen LogP contribution in [0.2, 0.25) is 5.02 Å².